The van der Waals surface area contributed by atoms with E-state index in [1.165, 1.54) is 5.56 Å². The molecule has 25 heavy (non-hydrogen) atoms. The molecule has 0 spiro atoms. The first-order valence-corrected chi connectivity index (χ1v) is 8.30. The van der Waals surface area contributed by atoms with Gasteiger partial charge >= 0.3 is 5.97 Å². The first-order valence-electron chi connectivity index (χ1n) is 7.92. The number of hydrogen-bond donors (Lipinski definition) is 1. The largest absolute Gasteiger partial charge is 0.481 e. The van der Waals surface area contributed by atoms with E-state index in [0.717, 1.165) is 34.0 Å². The molecule has 4 nitrogen and oxygen atoms in total. The van der Waals surface area contributed by atoms with Crippen LogP contribution in [0.15, 0.2) is 42.6 Å². The van der Waals surface area contributed by atoms with Crippen LogP contribution in [0.2, 0.25) is 5.02 Å². The van der Waals surface area contributed by atoms with Crippen LogP contribution in [-0.4, -0.2) is 22.7 Å². The van der Waals surface area contributed by atoms with Crippen molar-refractivity contribution in [3.63, 3.8) is 0 Å². The van der Waals surface area contributed by atoms with Gasteiger partial charge in [0.2, 0.25) is 0 Å². The van der Waals surface area contributed by atoms with Crippen molar-refractivity contribution >= 4 is 28.5 Å². The van der Waals surface area contributed by atoms with Gasteiger partial charge in [-0.1, -0.05) is 23.7 Å². The van der Waals surface area contributed by atoms with Crippen molar-refractivity contribution in [3.05, 3.63) is 69.9 Å². The van der Waals surface area contributed by atoms with Crippen LogP contribution in [-0.2, 0) is 11.2 Å². The van der Waals surface area contributed by atoms with Gasteiger partial charge in [-0.05, 0) is 66.8 Å². The third kappa shape index (κ3) is 3.74. The maximum absolute atomic E-state index is 10.8. The highest BCUT2D eigenvalue weighted by atomic mass is 35.5. The zero-order chi connectivity index (χ0) is 18.0. The van der Waals surface area contributed by atoms with Crippen molar-refractivity contribution in [3.8, 4) is 5.75 Å². The highest BCUT2D eigenvalue weighted by Crippen LogP contribution is 2.32. The van der Waals surface area contributed by atoms with Gasteiger partial charge in [0, 0.05) is 16.6 Å². The number of aryl methyl sites for hydroxylation is 2. The molecule has 0 fully saturated rings. The fourth-order valence-corrected chi connectivity index (χ4v) is 3.15. The van der Waals surface area contributed by atoms with Gasteiger partial charge in [-0.15, -0.1) is 0 Å². The van der Waals surface area contributed by atoms with Crippen molar-refractivity contribution in [2.24, 2.45) is 0 Å². The molecule has 0 aliphatic carbocycles. The Morgan fingerprint density at radius 1 is 1.20 bits per heavy atom. The third-order valence-electron chi connectivity index (χ3n) is 4.24. The Kier molecular flexibility index (Phi) is 4.91. The summed E-state index contributed by atoms with van der Waals surface area (Å²) in [7, 11) is 0. The Balaban J connectivity index is 2.07. The molecule has 3 rings (SSSR count). The van der Waals surface area contributed by atoms with Crippen molar-refractivity contribution in [1.82, 2.24) is 4.98 Å². The molecule has 0 saturated heterocycles. The SMILES string of the molecule is Cc1cc2nccc(OCC(=O)O)c2c(C)c1Cc1ccc(Cl)cc1. The lowest BCUT2D eigenvalue weighted by Gasteiger charge is -2.16. The number of hydrogen-bond acceptors (Lipinski definition) is 3. The van der Waals surface area contributed by atoms with Gasteiger partial charge in [0.25, 0.3) is 0 Å². The molecule has 0 amide bonds. The lowest BCUT2D eigenvalue weighted by atomic mass is 9.92. The van der Waals surface area contributed by atoms with Crippen molar-refractivity contribution in [1.29, 1.82) is 0 Å². The maximum atomic E-state index is 10.8. The molecule has 1 N–H and O–H groups in total. The van der Waals surface area contributed by atoms with Crippen molar-refractivity contribution < 1.29 is 14.6 Å². The second kappa shape index (κ2) is 7.11. The molecule has 0 radical (unpaired) electrons. The summed E-state index contributed by atoms with van der Waals surface area (Å²) in [6.07, 6.45) is 2.40. The summed E-state index contributed by atoms with van der Waals surface area (Å²) < 4.78 is 5.47. The summed E-state index contributed by atoms with van der Waals surface area (Å²) in [5.41, 5.74) is 5.34. The van der Waals surface area contributed by atoms with E-state index in [9.17, 15) is 4.79 Å². The minimum absolute atomic E-state index is 0.376. The molecule has 128 valence electrons. The number of carbonyl (C=O) groups is 1. The van der Waals surface area contributed by atoms with Gasteiger partial charge in [0.05, 0.1) is 5.52 Å². The monoisotopic (exact) mass is 355 g/mol. The van der Waals surface area contributed by atoms with Crippen LogP contribution in [0, 0.1) is 13.8 Å². The normalized spacial score (nSPS) is 10.8. The van der Waals surface area contributed by atoms with Gasteiger partial charge in [-0.3, -0.25) is 4.98 Å². The number of halogens is 1. The predicted octanol–water partition coefficient (Wildman–Crippen LogP) is 4.56. The highest BCUT2D eigenvalue weighted by Gasteiger charge is 2.14. The molecule has 0 saturated carbocycles. The van der Waals surface area contributed by atoms with Crippen LogP contribution in [0.4, 0.5) is 0 Å². The maximum Gasteiger partial charge on any atom is 0.341 e. The number of benzene rings is 2. The summed E-state index contributed by atoms with van der Waals surface area (Å²) in [5.74, 6) is -0.460. The lowest BCUT2D eigenvalue weighted by molar-refractivity contribution is -0.139. The Bertz CT molecular complexity index is 936. The fourth-order valence-electron chi connectivity index (χ4n) is 3.02. The minimum atomic E-state index is -1.00. The number of fused-ring (bicyclic) bond motifs is 1. The number of ether oxygens (including phenoxy) is 1. The number of nitrogens with zero attached hydrogens (tertiary/aromatic N) is 1. The van der Waals surface area contributed by atoms with Gasteiger partial charge in [-0.25, -0.2) is 4.79 Å². The molecule has 1 aromatic heterocycles. The minimum Gasteiger partial charge on any atom is -0.481 e. The Morgan fingerprint density at radius 2 is 1.92 bits per heavy atom. The zero-order valence-corrected chi connectivity index (χ0v) is 14.8. The van der Waals surface area contributed by atoms with E-state index in [-0.39, 0.29) is 6.61 Å². The molecular formula is C20H18ClNO3. The van der Waals surface area contributed by atoms with Crippen LogP contribution in [0.25, 0.3) is 10.9 Å². The average Bonchev–Trinajstić information content (AvgIpc) is 2.58. The van der Waals surface area contributed by atoms with E-state index in [1.807, 2.05) is 37.3 Å². The third-order valence-corrected chi connectivity index (χ3v) is 4.50. The summed E-state index contributed by atoms with van der Waals surface area (Å²) in [4.78, 5) is 15.2. The molecule has 0 unspecified atom stereocenters. The molecule has 0 bridgehead atoms. The molecule has 2 aromatic carbocycles. The van der Waals surface area contributed by atoms with Crippen molar-refractivity contribution in [2.75, 3.05) is 6.61 Å². The number of carboxylic acids is 1. The van der Waals surface area contributed by atoms with Crippen LogP contribution in [0.5, 0.6) is 5.75 Å². The first kappa shape index (κ1) is 17.2. The second-order valence-corrected chi connectivity index (χ2v) is 6.42. The van der Waals surface area contributed by atoms with Gasteiger partial charge in [-0.2, -0.15) is 0 Å². The highest BCUT2D eigenvalue weighted by molar-refractivity contribution is 6.30. The molecule has 0 aliphatic rings. The molecular weight excluding hydrogens is 338 g/mol. The summed E-state index contributed by atoms with van der Waals surface area (Å²) in [6.45, 7) is 3.71. The fraction of sp³-hybridized carbons (Fsp3) is 0.200. The Morgan fingerprint density at radius 3 is 2.60 bits per heavy atom. The average molecular weight is 356 g/mol. The van der Waals surface area contributed by atoms with Gasteiger partial charge in [0.15, 0.2) is 6.61 Å². The zero-order valence-electron chi connectivity index (χ0n) is 14.0. The van der Waals surface area contributed by atoms with E-state index >= 15 is 0 Å². The van der Waals surface area contributed by atoms with Crippen LogP contribution >= 0.6 is 11.6 Å². The van der Waals surface area contributed by atoms with Crippen LogP contribution in [0.1, 0.15) is 22.3 Å². The smallest absolute Gasteiger partial charge is 0.341 e. The quantitative estimate of drug-likeness (QED) is 0.728. The van der Waals surface area contributed by atoms with Crippen LogP contribution < -0.4 is 4.74 Å². The van der Waals surface area contributed by atoms with Crippen molar-refractivity contribution in [2.45, 2.75) is 20.3 Å². The standard InChI is InChI=1S/C20H18ClNO3/c1-12-9-17-20(18(7-8-22-17)25-11-19(23)24)13(2)16(12)10-14-3-5-15(21)6-4-14/h3-9H,10-11H2,1-2H3,(H,23,24). The van der Waals surface area contributed by atoms with Crippen LogP contribution in [0.3, 0.4) is 0 Å². The van der Waals surface area contributed by atoms with E-state index < -0.39 is 5.97 Å². The van der Waals surface area contributed by atoms with Gasteiger partial charge in [0.1, 0.15) is 5.75 Å². The van der Waals surface area contributed by atoms with E-state index in [0.29, 0.717) is 10.8 Å². The van der Waals surface area contributed by atoms with E-state index in [1.54, 1.807) is 12.3 Å². The summed E-state index contributed by atoms with van der Waals surface area (Å²) in [6, 6.07) is 11.5. The molecule has 1 heterocycles. The first-order chi connectivity index (χ1) is 12.0. The summed E-state index contributed by atoms with van der Waals surface area (Å²) >= 11 is 5.96. The predicted molar refractivity (Wildman–Crippen MR) is 98.6 cm³/mol. The van der Waals surface area contributed by atoms with E-state index in [4.69, 9.17) is 21.4 Å². The number of carboxylic acid groups (broad SMARTS) is 1. The second-order valence-electron chi connectivity index (χ2n) is 5.99. The van der Waals surface area contributed by atoms with E-state index in [2.05, 4.69) is 11.9 Å². The molecule has 3 aromatic rings. The Labute approximate surface area is 151 Å². The topological polar surface area (TPSA) is 59.4 Å². The number of aliphatic carboxylic acids is 1. The molecule has 5 heteroatoms. The Hall–Kier alpha value is -2.59. The molecule has 0 atom stereocenters. The molecule has 0 aliphatic heterocycles. The van der Waals surface area contributed by atoms with Gasteiger partial charge < -0.3 is 9.84 Å². The number of pyridine rings is 1. The summed E-state index contributed by atoms with van der Waals surface area (Å²) in [5, 5.41) is 10.5. The number of rotatable bonds is 5. The number of aromatic nitrogens is 1. The lowest BCUT2D eigenvalue weighted by Crippen LogP contribution is -2.10.